The molecule has 2 aromatic rings. The Labute approximate surface area is 187 Å². The van der Waals surface area contributed by atoms with Crippen molar-refractivity contribution in [3.63, 3.8) is 0 Å². The van der Waals surface area contributed by atoms with E-state index in [4.69, 9.17) is 9.47 Å². The highest BCUT2D eigenvalue weighted by molar-refractivity contribution is 7.89. The van der Waals surface area contributed by atoms with Crippen molar-refractivity contribution in [2.24, 2.45) is 5.92 Å². The van der Waals surface area contributed by atoms with Gasteiger partial charge >= 0.3 is 5.97 Å². The summed E-state index contributed by atoms with van der Waals surface area (Å²) >= 11 is 0. The van der Waals surface area contributed by atoms with E-state index in [-0.39, 0.29) is 29.8 Å². The fraction of sp³-hybridized carbons (Fsp3) is 0.364. The molecule has 0 saturated carbocycles. The summed E-state index contributed by atoms with van der Waals surface area (Å²) in [7, 11) is 0.508. The first-order chi connectivity index (χ1) is 15.3. The van der Waals surface area contributed by atoms with Gasteiger partial charge in [0, 0.05) is 30.8 Å². The number of nitrogens with one attached hydrogen (secondary N) is 1. The number of piperidine rings is 1. The Kier molecular flexibility index (Phi) is 7.37. The summed E-state index contributed by atoms with van der Waals surface area (Å²) in [6.45, 7) is 0.464. The maximum atomic E-state index is 13.0. The van der Waals surface area contributed by atoms with E-state index in [9.17, 15) is 18.0 Å². The summed E-state index contributed by atoms with van der Waals surface area (Å²) in [6.07, 6.45) is 0.803. The van der Waals surface area contributed by atoms with E-state index >= 15 is 0 Å². The summed E-state index contributed by atoms with van der Waals surface area (Å²) in [4.78, 5) is 24.2. The lowest BCUT2D eigenvalue weighted by Crippen LogP contribution is -2.41. The van der Waals surface area contributed by atoms with Gasteiger partial charge in [0.1, 0.15) is 0 Å². The van der Waals surface area contributed by atoms with Crippen molar-refractivity contribution >= 4 is 27.6 Å². The standard InChI is InChI=1S/C22H26N2O7S/c1-29-19-9-8-18(14-20(19)30-2)32(27,28)24-12-10-15(11-13-24)21(25)23-17-6-4-16(5-7-17)22(26)31-3/h4-9,14-15H,10-13H2,1-3H3,(H,23,25). The number of sulfonamides is 1. The van der Waals surface area contributed by atoms with Crippen molar-refractivity contribution in [2.75, 3.05) is 39.7 Å². The number of hydrogen-bond donors (Lipinski definition) is 1. The quantitative estimate of drug-likeness (QED) is 0.630. The number of amides is 1. The number of esters is 1. The first kappa shape index (κ1) is 23.6. The lowest BCUT2D eigenvalue weighted by molar-refractivity contribution is -0.120. The molecule has 9 nitrogen and oxygen atoms in total. The molecule has 10 heteroatoms. The van der Waals surface area contributed by atoms with Crippen molar-refractivity contribution in [1.82, 2.24) is 4.31 Å². The van der Waals surface area contributed by atoms with Crippen LogP contribution in [-0.4, -0.2) is 59.0 Å². The second kappa shape index (κ2) is 10.0. The Balaban J connectivity index is 1.61. The summed E-state index contributed by atoms with van der Waals surface area (Å²) in [5.41, 5.74) is 0.946. The fourth-order valence-corrected chi connectivity index (χ4v) is 5.02. The molecule has 1 saturated heterocycles. The molecule has 172 valence electrons. The van der Waals surface area contributed by atoms with E-state index < -0.39 is 16.0 Å². The Morgan fingerprint density at radius 1 is 0.938 bits per heavy atom. The van der Waals surface area contributed by atoms with Crippen LogP contribution in [0.2, 0.25) is 0 Å². The maximum absolute atomic E-state index is 13.0. The van der Waals surface area contributed by atoms with E-state index in [2.05, 4.69) is 10.1 Å². The molecule has 0 aliphatic carbocycles. The van der Waals surface area contributed by atoms with Gasteiger partial charge in [-0.1, -0.05) is 0 Å². The van der Waals surface area contributed by atoms with Crippen LogP contribution in [0.5, 0.6) is 11.5 Å². The SMILES string of the molecule is COC(=O)c1ccc(NC(=O)C2CCN(S(=O)(=O)c3ccc(OC)c(OC)c3)CC2)cc1. The smallest absolute Gasteiger partial charge is 0.337 e. The van der Waals surface area contributed by atoms with Crippen LogP contribution in [0.1, 0.15) is 23.2 Å². The van der Waals surface area contributed by atoms with Gasteiger partial charge in [-0.3, -0.25) is 4.79 Å². The normalized spacial score (nSPS) is 15.1. The van der Waals surface area contributed by atoms with Gasteiger partial charge in [0.25, 0.3) is 0 Å². The van der Waals surface area contributed by atoms with Crippen LogP contribution in [0.4, 0.5) is 5.69 Å². The average Bonchev–Trinajstić information content (AvgIpc) is 2.83. The molecule has 1 aliphatic heterocycles. The Hall–Kier alpha value is -3.11. The summed E-state index contributed by atoms with van der Waals surface area (Å²) in [6, 6.07) is 10.9. The number of benzene rings is 2. The van der Waals surface area contributed by atoms with Crippen LogP contribution in [0.25, 0.3) is 0 Å². The van der Waals surface area contributed by atoms with Gasteiger partial charge in [-0.15, -0.1) is 0 Å². The molecule has 2 aromatic carbocycles. The van der Waals surface area contributed by atoms with E-state index in [0.717, 1.165) is 0 Å². The molecule has 32 heavy (non-hydrogen) atoms. The van der Waals surface area contributed by atoms with Gasteiger partial charge in [-0.2, -0.15) is 4.31 Å². The zero-order chi connectivity index (χ0) is 23.3. The number of nitrogens with zero attached hydrogens (tertiary/aromatic N) is 1. The van der Waals surface area contributed by atoms with E-state index in [1.54, 1.807) is 30.3 Å². The van der Waals surface area contributed by atoms with Crippen molar-refractivity contribution in [3.8, 4) is 11.5 Å². The molecule has 0 aromatic heterocycles. The van der Waals surface area contributed by atoms with Gasteiger partial charge in [0.2, 0.25) is 15.9 Å². The number of carbonyl (C=O) groups excluding carboxylic acids is 2. The van der Waals surface area contributed by atoms with Gasteiger partial charge in [-0.05, 0) is 49.2 Å². The largest absolute Gasteiger partial charge is 0.493 e. The third-order valence-corrected chi connectivity index (χ3v) is 7.29. The topological polar surface area (TPSA) is 111 Å². The van der Waals surface area contributed by atoms with Crippen LogP contribution in [-0.2, 0) is 19.6 Å². The molecular weight excluding hydrogens is 436 g/mol. The zero-order valence-electron chi connectivity index (χ0n) is 18.2. The minimum Gasteiger partial charge on any atom is -0.493 e. The number of rotatable bonds is 7. The number of ether oxygens (including phenoxy) is 3. The maximum Gasteiger partial charge on any atom is 0.337 e. The number of anilines is 1. The first-order valence-corrected chi connectivity index (χ1v) is 11.5. The van der Waals surface area contributed by atoms with Crippen LogP contribution in [0.15, 0.2) is 47.4 Å². The van der Waals surface area contributed by atoms with Crippen molar-refractivity contribution in [2.45, 2.75) is 17.7 Å². The second-order valence-corrected chi connectivity index (χ2v) is 9.19. The number of hydrogen-bond acceptors (Lipinski definition) is 7. The molecule has 1 aliphatic rings. The third-order valence-electron chi connectivity index (χ3n) is 5.39. The molecule has 0 atom stereocenters. The molecule has 3 rings (SSSR count). The molecule has 1 fully saturated rings. The third kappa shape index (κ3) is 5.03. The zero-order valence-corrected chi connectivity index (χ0v) is 19.0. The molecule has 1 heterocycles. The molecule has 0 spiro atoms. The van der Waals surface area contributed by atoms with Gasteiger partial charge < -0.3 is 19.5 Å². The van der Waals surface area contributed by atoms with Gasteiger partial charge in [0.05, 0.1) is 31.8 Å². The molecular formula is C22H26N2O7S. The monoisotopic (exact) mass is 462 g/mol. The summed E-state index contributed by atoms with van der Waals surface area (Å²) in [5.74, 6) is -0.167. The van der Waals surface area contributed by atoms with E-state index in [1.807, 2.05) is 0 Å². The lowest BCUT2D eigenvalue weighted by atomic mass is 9.97. The van der Waals surface area contributed by atoms with Crippen molar-refractivity contribution < 1.29 is 32.2 Å². The fourth-order valence-electron chi connectivity index (χ4n) is 3.54. The lowest BCUT2D eigenvalue weighted by Gasteiger charge is -2.30. The predicted octanol–water partition coefficient (Wildman–Crippen LogP) is 2.53. The van der Waals surface area contributed by atoms with Crippen LogP contribution >= 0.6 is 0 Å². The molecule has 0 unspecified atom stereocenters. The molecule has 0 radical (unpaired) electrons. The van der Waals surface area contributed by atoms with E-state index in [1.165, 1.54) is 37.8 Å². The highest BCUT2D eigenvalue weighted by Crippen LogP contribution is 2.32. The Bertz CT molecular complexity index is 1080. The minimum absolute atomic E-state index is 0.115. The van der Waals surface area contributed by atoms with Gasteiger partial charge in [0.15, 0.2) is 11.5 Å². The van der Waals surface area contributed by atoms with Crippen molar-refractivity contribution in [1.29, 1.82) is 0 Å². The van der Waals surface area contributed by atoms with Crippen LogP contribution in [0, 0.1) is 5.92 Å². The highest BCUT2D eigenvalue weighted by Gasteiger charge is 2.32. The minimum atomic E-state index is -3.72. The molecule has 1 N–H and O–H groups in total. The van der Waals surface area contributed by atoms with Crippen molar-refractivity contribution in [3.05, 3.63) is 48.0 Å². The summed E-state index contributed by atoms with van der Waals surface area (Å²) in [5, 5.41) is 2.82. The average molecular weight is 463 g/mol. The van der Waals surface area contributed by atoms with Gasteiger partial charge in [-0.25, -0.2) is 13.2 Å². The highest BCUT2D eigenvalue weighted by atomic mass is 32.2. The number of carbonyl (C=O) groups is 2. The first-order valence-electron chi connectivity index (χ1n) is 10.0. The Morgan fingerprint density at radius 3 is 2.12 bits per heavy atom. The number of methoxy groups -OCH3 is 3. The molecule has 1 amide bonds. The molecule has 0 bridgehead atoms. The summed E-state index contributed by atoms with van der Waals surface area (Å²) < 4.78 is 42.4. The predicted molar refractivity (Wildman–Crippen MR) is 117 cm³/mol. The van der Waals surface area contributed by atoms with Crippen LogP contribution in [0.3, 0.4) is 0 Å². The van der Waals surface area contributed by atoms with Crippen LogP contribution < -0.4 is 14.8 Å². The van der Waals surface area contributed by atoms with E-state index in [0.29, 0.717) is 35.6 Å². The Morgan fingerprint density at radius 2 is 1.56 bits per heavy atom. The second-order valence-electron chi connectivity index (χ2n) is 7.25.